The largest absolute Gasteiger partial charge is 0.497 e. The zero-order chi connectivity index (χ0) is 19.9. The third-order valence-electron chi connectivity index (χ3n) is 4.11. The molecule has 0 aromatic heterocycles. The lowest BCUT2D eigenvalue weighted by Crippen LogP contribution is -2.46. The molecule has 1 atom stereocenters. The standard InChI is InChI=1S/C20H26N2O5/c1-20(2,12-15-4-8-18(26-3)9-5-15)21-13-17(23)14-27-19-10-6-16(7-11-19)22(24)25/h4-11,17,21,23H,12-14H2,1-3H3. The molecule has 0 aliphatic rings. The van der Waals surface area contributed by atoms with Gasteiger partial charge < -0.3 is 19.9 Å². The molecule has 27 heavy (non-hydrogen) atoms. The number of hydrogen-bond donors (Lipinski definition) is 2. The first-order chi connectivity index (χ1) is 12.8. The molecule has 0 amide bonds. The highest BCUT2D eigenvalue weighted by molar-refractivity contribution is 5.36. The lowest BCUT2D eigenvalue weighted by atomic mass is 9.94. The summed E-state index contributed by atoms with van der Waals surface area (Å²) in [6.45, 7) is 4.61. The number of aliphatic hydroxyl groups excluding tert-OH is 1. The van der Waals surface area contributed by atoms with Crippen molar-refractivity contribution in [1.82, 2.24) is 5.32 Å². The van der Waals surface area contributed by atoms with E-state index in [1.54, 1.807) is 7.11 Å². The second kappa shape index (κ2) is 9.34. The number of nitrogens with zero attached hydrogens (tertiary/aromatic N) is 1. The Balaban J connectivity index is 1.77. The summed E-state index contributed by atoms with van der Waals surface area (Å²) in [7, 11) is 1.64. The normalized spacial score (nSPS) is 12.4. The van der Waals surface area contributed by atoms with Gasteiger partial charge in [0.15, 0.2) is 0 Å². The third-order valence-corrected chi connectivity index (χ3v) is 4.11. The van der Waals surface area contributed by atoms with Gasteiger partial charge in [0.25, 0.3) is 5.69 Å². The zero-order valence-electron chi connectivity index (χ0n) is 15.8. The van der Waals surface area contributed by atoms with E-state index in [4.69, 9.17) is 9.47 Å². The fraction of sp³-hybridized carbons (Fsp3) is 0.400. The summed E-state index contributed by atoms with van der Waals surface area (Å²) in [5.41, 5.74) is 0.970. The summed E-state index contributed by atoms with van der Waals surface area (Å²) in [5, 5.41) is 24.1. The molecule has 2 aromatic rings. The summed E-state index contributed by atoms with van der Waals surface area (Å²) in [6, 6.07) is 13.7. The van der Waals surface area contributed by atoms with E-state index in [2.05, 4.69) is 19.2 Å². The predicted octanol–water partition coefficient (Wildman–Crippen LogP) is 2.95. The highest BCUT2D eigenvalue weighted by Gasteiger charge is 2.19. The van der Waals surface area contributed by atoms with Crippen LogP contribution in [-0.2, 0) is 6.42 Å². The van der Waals surface area contributed by atoms with E-state index < -0.39 is 11.0 Å². The highest BCUT2D eigenvalue weighted by Crippen LogP contribution is 2.18. The average molecular weight is 374 g/mol. The van der Waals surface area contributed by atoms with E-state index in [0.29, 0.717) is 12.3 Å². The zero-order valence-corrected chi connectivity index (χ0v) is 15.8. The Kier molecular flexibility index (Phi) is 7.15. The fourth-order valence-corrected chi connectivity index (χ4v) is 2.63. The first-order valence-electron chi connectivity index (χ1n) is 8.72. The molecule has 0 heterocycles. The molecule has 2 N–H and O–H groups in total. The van der Waals surface area contributed by atoms with Crippen LogP contribution in [-0.4, -0.2) is 41.9 Å². The van der Waals surface area contributed by atoms with E-state index in [9.17, 15) is 15.2 Å². The minimum Gasteiger partial charge on any atom is -0.497 e. The van der Waals surface area contributed by atoms with Crippen molar-refractivity contribution in [3.63, 3.8) is 0 Å². The molecule has 0 saturated carbocycles. The average Bonchev–Trinajstić information content (AvgIpc) is 2.65. The third kappa shape index (κ3) is 6.88. The quantitative estimate of drug-likeness (QED) is 0.490. The van der Waals surface area contributed by atoms with Gasteiger partial charge in [0.1, 0.15) is 24.2 Å². The Labute approximate surface area is 159 Å². The van der Waals surface area contributed by atoms with Crippen LogP contribution in [0.15, 0.2) is 48.5 Å². The van der Waals surface area contributed by atoms with Gasteiger partial charge in [0.05, 0.1) is 12.0 Å². The van der Waals surface area contributed by atoms with E-state index in [1.165, 1.54) is 29.8 Å². The molecule has 0 bridgehead atoms. The van der Waals surface area contributed by atoms with Gasteiger partial charge in [-0.15, -0.1) is 0 Å². The number of nitrogens with one attached hydrogen (secondary N) is 1. The molecule has 0 spiro atoms. The van der Waals surface area contributed by atoms with Crippen molar-refractivity contribution < 1.29 is 19.5 Å². The van der Waals surface area contributed by atoms with Crippen molar-refractivity contribution in [2.24, 2.45) is 0 Å². The van der Waals surface area contributed by atoms with Crippen molar-refractivity contribution in [2.75, 3.05) is 20.3 Å². The first kappa shape index (κ1) is 20.7. The number of non-ortho nitro benzene ring substituents is 1. The Morgan fingerprint density at radius 1 is 1.11 bits per heavy atom. The van der Waals surface area contributed by atoms with Crippen LogP contribution >= 0.6 is 0 Å². The number of benzene rings is 2. The molecule has 0 radical (unpaired) electrons. The number of nitro groups is 1. The second-order valence-electron chi connectivity index (χ2n) is 7.01. The molecule has 146 valence electrons. The summed E-state index contributed by atoms with van der Waals surface area (Å²) in [4.78, 5) is 10.2. The molecule has 2 aromatic carbocycles. The van der Waals surface area contributed by atoms with Gasteiger partial charge in [-0.1, -0.05) is 12.1 Å². The van der Waals surface area contributed by atoms with Crippen molar-refractivity contribution in [3.8, 4) is 11.5 Å². The SMILES string of the molecule is COc1ccc(CC(C)(C)NCC(O)COc2ccc([N+](=O)[O-])cc2)cc1. The van der Waals surface area contributed by atoms with E-state index >= 15 is 0 Å². The van der Waals surface area contributed by atoms with Gasteiger partial charge in [0, 0.05) is 24.2 Å². The Morgan fingerprint density at radius 3 is 2.26 bits per heavy atom. The first-order valence-corrected chi connectivity index (χ1v) is 8.72. The van der Waals surface area contributed by atoms with Crippen LogP contribution < -0.4 is 14.8 Å². The summed E-state index contributed by atoms with van der Waals surface area (Å²) >= 11 is 0. The van der Waals surface area contributed by atoms with Gasteiger partial charge in [-0.2, -0.15) is 0 Å². The Hall–Kier alpha value is -2.64. The Morgan fingerprint density at radius 2 is 1.70 bits per heavy atom. The summed E-state index contributed by atoms with van der Waals surface area (Å²) < 4.78 is 10.6. The lowest BCUT2D eigenvalue weighted by Gasteiger charge is -2.28. The number of hydrogen-bond acceptors (Lipinski definition) is 6. The number of ether oxygens (including phenoxy) is 2. The van der Waals surface area contributed by atoms with Crippen LogP contribution in [0.2, 0.25) is 0 Å². The van der Waals surface area contributed by atoms with Crippen molar-refractivity contribution >= 4 is 5.69 Å². The van der Waals surface area contributed by atoms with Crippen LogP contribution in [0.1, 0.15) is 19.4 Å². The van der Waals surface area contributed by atoms with Crippen molar-refractivity contribution in [1.29, 1.82) is 0 Å². The number of aliphatic hydroxyl groups is 1. The Bertz CT molecular complexity index is 729. The monoisotopic (exact) mass is 374 g/mol. The summed E-state index contributed by atoms with van der Waals surface area (Å²) in [6.07, 6.45) is 0.0998. The number of rotatable bonds is 10. The highest BCUT2D eigenvalue weighted by atomic mass is 16.6. The maximum Gasteiger partial charge on any atom is 0.269 e. The van der Waals surface area contributed by atoms with Gasteiger partial charge in [-0.05, 0) is 50.1 Å². The number of β-amino-alcohol motifs (C(OH)–C–C–N with tert-alkyl or cyclic N) is 1. The smallest absolute Gasteiger partial charge is 0.269 e. The minimum atomic E-state index is -0.699. The second-order valence-corrected chi connectivity index (χ2v) is 7.01. The molecule has 0 saturated heterocycles. The van der Waals surface area contributed by atoms with Crippen LogP contribution in [0.3, 0.4) is 0 Å². The number of nitro benzene ring substituents is 1. The maximum atomic E-state index is 10.6. The molecule has 7 nitrogen and oxygen atoms in total. The minimum absolute atomic E-state index is 0.00449. The van der Waals surface area contributed by atoms with Gasteiger partial charge >= 0.3 is 0 Å². The van der Waals surface area contributed by atoms with Crippen LogP contribution in [0.4, 0.5) is 5.69 Å². The molecule has 2 rings (SSSR count). The maximum absolute atomic E-state index is 10.6. The van der Waals surface area contributed by atoms with Crippen LogP contribution in [0.25, 0.3) is 0 Å². The molecule has 0 aliphatic carbocycles. The lowest BCUT2D eigenvalue weighted by molar-refractivity contribution is -0.384. The van der Waals surface area contributed by atoms with Gasteiger partial charge in [-0.3, -0.25) is 10.1 Å². The van der Waals surface area contributed by atoms with E-state index in [1.807, 2.05) is 24.3 Å². The van der Waals surface area contributed by atoms with Crippen LogP contribution in [0, 0.1) is 10.1 Å². The molecule has 0 aliphatic heterocycles. The van der Waals surface area contributed by atoms with Crippen molar-refractivity contribution in [2.45, 2.75) is 31.9 Å². The molecular formula is C20H26N2O5. The van der Waals surface area contributed by atoms with E-state index in [-0.39, 0.29) is 17.8 Å². The number of methoxy groups -OCH3 is 1. The van der Waals surface area contributed by atoms with Gasteiger partial charge in [-0.25, -0.2) is 0 Å². The topological polar surface area (TPSA) is 93.9 Å². The van der Waals surface area contributed by atoms with Crippen molar-refractivity contribution in [3.05, 3.63) is 64.2 Å². The molecular weight excluding hydrogens is 348 g/mol. The predicted molar refractivity (Wildman–Crippen MR) is 103 cm³/mol. The van der Waals surface area contributed by atoms with E-state index in [0.717, 1.165) is 12.2 Å². The summed E-state index contributed by atoms with van der Waals surface area (Å²) in [5.74, 6) is 1.31. The fourth-order valence-electron chi connectivity index (χ4n) is 2.63. The van der Waals surface area contributed by atoms with Gasteiger partial charge in [0.2, 0.25) is 0 Å². The molecule has 1 unspecified atom stereocenters. The van der Waals surface area contributed by atoms with Crippen LogP contribution in [0.5, 0.6) is 11.5 Å². The molecule has 7 heteroatoms. The molecule has 0 fully saturated rings.